The standard InChI is InChI=1S/C20H22IN3O2/c1-13-16(21)6-9-22-18(13)24-10-7-20(8-11-24)12-14-4-2-3-5-15(14)17(20)23-19(25)26/h2-6,9,17,23H,7-8,10-12H2,1H3,(H,25,26)/t17-/m1/s1. The van der Waals surface area contributed by atoms with E-state index in [-0.39, 0.29) is 11.5 Å². The molecule has 4 rings (SSSR count). The number of amides is 1. The smallest absolute Gasteiger partial charge is 0.405 e. The van der Waals surface area contributed by atoms with Crippen LogP contribution in [0.5, 0.6) is 0 Å². The van der Waals surface area contributed by atoms with Crippen LogP contribution in [0.3, 0.4) is 0 Å². The molecule has 0 bridgehead atoms. The molecule has 1 aromatic heterocycles. The number of pyridine rings is 1. The Hall–Kier alpha value is -1.83. The van der Waals surface area contributed by atoms with Gasteiger partial charge in [0, 0.05) is 33.8 Å². The number of piperidine rings is 1. The van der Waals surface area contributed by atoms with Gasteiger partial charge in [-0.05, 0) is 66.0 Å². The van der Waals surface area contributed by atoms with Crippen molar-refractivity contribution in [2.75, 3.05) is 18.0 Å². The summed E-state index contributed by atoms with van der Waals surface area (Å²) in [5, 5.41) is 12.2. The van der Waals surface area contributed by atoms with Gasteiger partial charge in [-0.25, -0.2) is 9.78 Å². The van der Waals surface area contributed by atoms with Crippen LogP contribution in [0.15, 0.2) is 36.5 Å². The lowest BCUT2D eigenvalue weighted by Gasteiger charge is -2.44. The average molecular weight is 463 g/mol. The number of nitrogens with zero attached hydrogens (tertiary/aromatic N) is 2. The molecule has 0 unspecified atom stereocenters. The SMILES string of the molecule is Cc1c(I)ccnc1N1CCC2(CC1)Cc1ccccc1[C@H]2NC(=O)O. The fourth-order valence-electron chi connectivity index (χ4n) is 4.59. The number of carboxylic acid groups (broad SMARTS) is 1. The van der Waals surface area contributed by atoms with Crippen molar-refractivity contribution in [2.24, 2.45) is 5.41 Å². The predicted molar refractivity (Wildman–Crippen MR) is 110 cm³/mol. The third-order valence-corrected chi connectivity index (χ3v) is 7.13. The molecule has 26 heavy (non-hydrogen) atoms. The van der Waals surface area contributed by atoms with Gasteiger partial charge in [-0.1, -0.05) is 24.3 Å². The van der Waals surface area contributed by atoms with Crippen LogP contribution in [-0.2, 0) is 6.42 Å². The van der Waals surface area contributed by atoms with Crippen molar-refractivity contribution in [1.82, 2.24) is 10.3 Å². The summed E-state index contributed by atoms with van der Waals surface area (Å²) < 4.78 is 1.23. The molecule has 1 fully saturated rings. The van der Waals surface area contributed by atoms with Gasteiger partial charge in [0.1, 0.15) is 5.82 Å². The van der Waals surface area contributed by atoms with Gasteiger partial charge in [-0.3, -0.25) is 0 Å². The minimum Gasteiger partial charge on any atom is -0.465 e. The summed E-state index contributed by atoms with van der Waals surface area (Å²) in [6.07, 6.45) is 3.79. The van der Waals surface area contributed by atoms with Gasteiger partial charge in [0.15, 0.2) is 0 Å². The summed E-state index contributed by atoms with van der Waals surface area (Å²) in [4.78, 5) is 18.4. The van der Waals surface area contributed by atoms with Crippen molar-refractivity contribution in [2.45, 2.75) is 32.2 Å². The lowest BCUT2D eigenvalue weighted by molar-refractivity contribution is 0.141. The third kappa shape index (κ3) is 2.94. The van der Waals surface area contributed by atoms with Crippen LogP contribution in [0.4, 0.5) is 10.6 Å². The zero-order valence-electron chi connectivity index (χ0n) is 14.7. The number of nitrogens with one attached hydrogen (secondary N) is 1. The van der Waals surface area contributed by atoms with Gasteiger partial charge >= 0.3 is 6.09 Å². The van der Waals surface area contributed by atoms with Crippen LogP contribution in [0.25, 0.3) is 0 Å². The normalized spacial score (nSPS) is 20.8. The van der Waals surface area contributed by atoms with Crippen molar-refractivity contribution in [3.05, 3.63) is 56.8 Å². The van der Waals surface area contributed by atoms with E-state index in [9.17, 15) is 9.90 Å². The van der Waals surface area contributed by atoms with Crippen LogP contribution in [0.2, 0.25) is 0 Å². The van der Waals surface area contributed by atoms with E-state index in [1.807, 2.05) is 24.4 Å². The Labute approximate surface area is 167 Å². The molecule has 1 aromatic carbocycles. The highest BCUT2D eigenvalue weighted by Crippen LogP contribution is 2.52. The zero-order chi connectivity index (χ0) is 18.3. The van der Waals surface area contributed by atoms with Crippen molar-refractivity contribution >= 4 is 34.5 Å². The second kappa shape index (κ2) is 6.72. The number of hydrogen-bond donors (Lipinski definition) is 2. The molecule has 0 radical (unpaired) electrons. The van der Waals surface area contributed by atoms with Crippen LogP contribution in [-0.4, -0.2) is 29.3 Å². The monoisotopic (exact) mass is 463 g/mol. The van der Waals surface area contributed by atoms with Crippen molar-refractivity contribution < 1.29 is 9.90 Å². The lowest BCUT2D eigenvalue weighted by atomic mass is 9.72. The number of fused-ring (bicyclic) bond motifs is 1. The summed E-state index contributed by atoms with van der Waals surface area (Å²) in [6, 6.07) is 10.2. The van der Waals surface area contributed by atoms with Gasteiger partial charge in [0.2, 0.25) is 0 Å². The van der Waals surface area contributed by atoms with E-state index in [0.717, 1.165) is 43.7 Å². The Kier molecular flexibility index (Phi) is 4.54. The van der Waals surface area contributed by atoms with E-state index < -0.39 is 6.09 Å². The first-order chi connectivity index (χ1) is 12.5. The summed E-state index contributed by atoms with van der Waals surface area (Å²) in [6.45, 7) is 3.92. The van der Waals surface area contributed by atoms with E-state index in [0.29, 0.717) is 0 Å². The topological polar surface area (TPSA) is 65.5 Å². The van der Waals surface area contributed by atoms with Crippen molar-refractivity contribution in [3.63, 3.8) is 0 Å². The van der Waals surface area contributed by atoms with E-state index in [2.05, 4.69) is 56.8 Å². The maximum absolute atomic E-state index is 11.4. The number of halogens is 1. The molecule has 1 spiro atoms. The highest BCUT2D eigenvalue weighted by atomic mass is 127. The number of aromatic nitrogens is 1. The second-order valence-electron chi connectivity index (χ2n) is 7.35. The quantitative estimate of drug-likeness (QED) is 0.658. The maximum Gasteiger partial charge on any atom is 0.405 e. The predicted octanol–water partition coefficient (Wildman–Crippen LogP) is 4.15. The average Bonchev–Trinajstić information content (AvgIpc) is 2.91. The molecule has 1 saturated heterocycles. The van der Waals surface area contributed by atoms with Gasteiger partial charge in [-0.15, -0.1) is 0 Å². The van der Waals surface area contributed by atoms with Gasteiger partial charge < -0.3 is 15.3 Å². The molecule has 0 saturated carbocycles. The number of benzene rings is 1. The van der Waals surface area contributed by atoms with Crippen molar-refractivity contribution in [3.8, 4) is 0 Å². The Morgan fingerprint density at radius 3 is 2.77 bits per heavy atom. The molecule has 2 N–H and O–H groups in total. The largest absolute Gasteiger partial charge is 0.465 e. The number of rotatable bonds is 2. The molecule has 2 aromatic rings. The molecule has 2 aliphatic rings. The summed E-state index contributed by atoms with van der Waals surface area (Å²) >= 11 is 2.35. The van der Waals surface area contributed by atoms with Gasteiger partial charge in [-0.2, -0.15) is 0 Å². The molecule has 1 amide bonds. The highest BCUT2D eigenvalue weighted by molar-refractivity contribution is 14.1. The molecule has 1 aliphatic heterocycles. The molecular formula is C20H22IN3O2. The van der Waals surface area contributed by atoms with Crippen LogP contribution in [0.1, 0.15) is 35.6 Å². The first-order valence-electron chi connectivity index (χ1n) is 8.93. The molecule has 1 aliphatic carbocycles. The molecule has 136 valence electrons. The fraction of sp³-hybridized carbons (Fsp3) is 0.400. The number of hydrogen-bond acceptors (Lipinski definition) is 3. The Balaban J connectivity index is 1.59. The second-order valence-corrected chi connectivity index (χ2v) is 8.51. The molecule has 5 nitrogen and oxygen atoms in total. The van der Waals surface area contributed by atoms with E-state index in [4.69, 9.17) is 0 Å². The van der Waals surface area contributed by atoms with Gasteiger partial charge in [0.05, 0.1) is 6.04 Å². The fourth-order valence-corrected chi connectivity index (χ4v) is 4.99. The molecule has 6 heteroatoms. The van der Waals surface area contributed by atoms with Crippen LogP contribution < -0.4 is 10.2 Å². The number of carbonyl (C=O) groups is 1. The summed E-state index contributed by atoms with van der Waals surface area (Å²) in [7, 11) is 0. The van der Waals surface area contributed by atoms with E-state index in [1.54, 1.807) is 0 Å². The Morgan fingerprint density at radius 1 is 1.31 bits per heavy atom. The molecular weight excluding hydrogens is 441 g/mol. The number of anilines is 1. The lowest BCUT2D eigenvalue weighted by Crippen LogP contribution is -2.47. The Bertz CT molecular complexity index is 847. The van der Waals surface area contributed by atoms with Crippen molar-refractivity contribution in [1.29, 1.82) is 0 Å². The van der Waals surface area contributed by atoms with Crippen LogP contribution >= 0.6 is 22.6 Å². The van der Waals surface area contributed by atoms with E-state index in [1.165, 1.54) is 14.7 Å². The van der Waals surface area contributed by atoms with Gasteiger partial charge in [0.25, 0.3) is 0 Å². The minimum atomic E-state index is -0.941. The molecule has 1 atom stereocenters. The summed E-state index contributed by atoms with van der Waals surface area (Å²) in [5.74, 6) is 1.06. The first kappa shape index (κ1) is 17.6. The summed E-state index contributed by atoms with van der Waals surface area (Å²) in [5.41, 5.74) is 3.61. The highest BCUT2D eigenvalue weighted by Gasteiger charge is 2.48. The maximum atomic E-state index is 11.4. The zero-order valence-corrected chi connectivity index (χ0v) is 16.9. The molecule has 2 heterocycles. The van der Waals surface area contributed by atoms with Crippen LogP contribution in [0, 0.1) is 15.9 Å². The third-order valence-electron chi connectivity index (χ3n) is 5.96. The van der Waals surface area contributed by atoms with E-state index >= 15 is 0 Å². The minimum absolute atomic E-state index is 0.0333. The Morgan fingerprint density at radius 2 is 2.04 bits per heavy atom. The first-order valence-corrected chi connectivity index (χ1v) is 10.0.